The number of halogens is 2. The summed E-state index contributed by atoms with van der Waals surface area (Å²) >= 11 is 6.59. The molecule has 0 amide bonds. The monoisotopic (exact) mass is 309 g/mol. The third kappa shape index (κ3) is 2.30. The van der Waals surface area contributed by atoms with Crippen molar-refractivity contribution in [1.29, 1.82) is 0 Å². The van der Waals surface area contributed by atoms with Gasteiger partial charge in [0.2, 0.25) is 0 Å². The molecule has 6 heteroatoms. The molecular formula is C7H9Br2N3O. The molecule has 1 aliphatic rings. The van der Waals surface area contributed by atoms with Crippen molar-refractivity contribution in [2.45, 2.75) is 13.0 Å². The molecule has 1 unspecified atom stereocenters. The van der Waals surface area contributed by atoms with Crippen molar-refractivity contribution in [1.82, 2.24) is 15.0 Å². The van der Waals surface area contributed by atoms with Gasteiger partial charge < -0.3 is 4.74 Å². The van der Waals surface area contributed by atoms with Crippen LogP contribution in [-0.4, -0.2) is 28.2 Å². The number of rotatable bonds is 2. The van der Waals surface area contributed by atoms with Crippen LogP contribution in [0.15, 0.2) is 9.21 Å². The first-order valence-corrected chi connectivity index (χ1v) is 5.68. The summed E-state index contributed by atoms with van der Waals surface area (Å²) in [5.74, 6) is 0.561. The zero-order chi connectivity index (χ0) is 9.26. The minimum Gasteiger partial charge on any atom is -0.381 e. The number of ether oxygens (including phenoxy) is 1. The third-order valence-electron chi connectivity index (χ3n) is 2.02. The number of aromatic nitrogens is 3. The summed E-state index contributed by atoms with van der Waals surface area (Å²) in [5.41, 5.74) is 0. The maximum atomic E-state index is 5.27. The molecule has 2 rings (SSSR count). The van der Waals surface area contributed by atoms with Gasteiger partial charge in [0.15, 0.2) is 9.21 Å². The molecule has 0 aliphatic carbocycles. The standard InChI is InChI=1S/C7H9Br2N3O/c8-6-7(9)11-12(10-6)3-5-1-2-13-4-5/h5H,1-4H2. The highest BCUT2D eigenvalue weighted by molar-refractivity contribution is 9.13. The first-order chi connectivity index (χ1) is 6.25. The largest absolute Gasteiger partial charge is 0.381 e. The zero-order valence-electron chi connectivity index (χ0n) is 6.91. The Morgan fingerprint density at radius 2 is 2.08 bits per heavy atom. The Morgan fingerprint density at radius 1 is 1.38 bits per heavy atom. The van der Waals surface area contributed by atoms with E-state index in [0.717, 1.165) is 35.4 Å². The maximum Gasteiger partial charge on any atom is 0.162 e. The van der Waals surface area contributed by atoms with E-state index < -0.39 is 0 Å². The highest BCUT2D eigenvalue weighted by Gasteiger charge is 2.17. The molecule has 2 heterocycles. The van der Waals surface area contributed by atoms with E-state index in [1.807, 2.05) is 0 Å². The minimum absolute atomic E-state index is 0.561. The van der Waals surface area contributed by atoms with E-state index in [0.29, 0.717) is 5.92 Å². The quantitative estimate of drug-likeness (QED) is 0.837. The molecular weight excluding hydrogens is 302 g/mol. The second kappa shape index (κ2) is 4.06. The van der Waals surface area contributed by atoms with Gasteiger partial charge in [-0.3, -0.25) is 0 Å². The molecule has 1 aromatic rings. The summed E-state index contributed by atoms with van der Waals surface area (Å²) in [4.78, 5) is 1.70. The highest BCUT2D eigenvalue weighted by Crippen LogP contribution is 2.19. The van der Waals surface area contributed by atoms with Crippen LogP contribution in [0.5, 0.6) is 0 Å². The van der Waals surface area contributed by atoms with Gasteiger partial charge in [-0.2, -0.15) is 4.80 Å². The van der Waals surface area contributed by atoms with Crippen LogP contribution in [0.4, 0.5) is 0 Å². The summed E-state index contributed by atoms with van der Waals surface area (Å²) < 4.78 is 6.79. The molecule has 1 aromatic heterocycles. The third-order valence-corrected chi connectivity index (χ3v) is 3.62. The Balaban J connectivity index is 2.00. The van der Waals surface area contributed by atoms with Gasteiger partial charge in [-0.15, -0.1) is 10.2 Å². The van der Waals surface area contributed by atoms with E-state index >= 15 is 0 Å². The minimum atomic E-state index is 0.561. The van der Waals surface area contributed by atoms with Crippen molar-refractivity contribution in [2.24, 2.45) is 5.92 Å². The Bertz CT molecular complexity index is 276. The molecule has 0 spiro atoms. The molecule has 1 saturated heterocycles. The van der Waals surface area contributed by atoms with Crippen LogP contribution in [0.2, 0.25) is 0 Å². The summed E-state index contributed by atoms with van der Waals surface area (Å²) in [6.45, 7) is 2.54. The lowest BCUT2D eigenvalue weighted by molar-refractivity contribution is 0.180. The fourth-order valence-corrected chi connectivity index (χ4v) is 1.87. The Hall–Kier alpha value is 0.0600. The molecule has 72 valence electrons. The predicted molar refractivity (Wildman–Crippen MR) is 54.3 cm³/mol. The van der Waals surface area contributed by atoms with Crippen LogP contribution >= 0.6 is 31.9 Å². The Kier molecular flexibility index (Phi) is 3.00. The van der Waals surface area contributed by atoms with Gasteiger partial charge in [0.05, 0.1) is 13.2 Å². The lowest BCUT2D eigenvalue weighted by Gasteiger charge is -2.04. The van der Waals surface area contributed by atoms with Crippen molar-refractivity contribution in [3.63, 3.8) is 0 Å². The highest BCUT2D eigenvalue weighted by atomic mass is 79.9. The summed E-state index contributed by atoms with van der Waals surface area (Å²) in [7, 11) is 0. The molecule has 1 aliphatic heterocycles. The summed E-state index contributed by atoms with van der Waals surface area (Å²) in [5, 5.41) is 8.39. The molecule has 1 atom stereocenters. The topological polar surface area (TPSA) is 39.9 Å². The van der Waals surface area contributed by atoms with Crippen LogP contribution in [-0.2, 0) is 11.3 Å². The van der Waals surface area contributed by atoms with Gasteiger partial charge in [-0.05, 0) is 38.3 Å². The van der Waals surface area contributed by atoms with Crippen molar-refractivity contribution in [3.8, 4) is 0 Å². The molecule has 0 N–H and O–H groups in total. The van der Waals surface area contributed by atoms with E-state index in [-0.39, 0.29) is 0 Å². The normalized spacial score (nSPS) is 22.5. The second-order valence-electron chi connectivity index (χ2n) is 3.07. The predicted octanol–water partition coefficient (Wildman–Crippen LogP) is 1.84. The van der Waals surface area contributed by atoms with Crippen LogP contribution in [0.3, 0.4) is 0 Å². The van der Waals surface area contributed by atoms with E-state index in [1.54, 1.807) is 4.80 Å². The van der Waals surface area contributed by atoms with E-state index in [1.165, 1.54) is 0 Å². The molecule has 0 aromatic carbocycles. The van der Waals surface area contributed by atoms with Crippen molar-refractivity contribution >= 4 is 31.9 Å². The fourth-order valence-electron chi connectivity index (χ4n) is 1.35. The number of nitrogens with zero attached hydrogens (tertiary/aromatic N) is 3. The summed E-state index contributed by atoms with van der Waals surface area (Å²) in [6.07, 6.45) is 1.11. The van der Waals surface area contributed by atoms with Gasteiger partial charge in [0.1, 0.15) is 0 Å². The zero-order valence-corrected chi connectivity index (χ0v) is 10.1. The van der Waals surface area contributed by atoms with Crippen molar-refractivity contribution in [2.75, 3.05) is 13.2 Å². The average molecular weight is 311 g/mol. The number of hydrogen-bond acceptors (Lipinski definition) is 3. The van der Waals surface area contributed by atoms with Crippen LogP contribution < -0.4 is 0 Å². The number of hydrogen-bond donors (Lipinski definition) is 0. The van der Waals surface area contributed by atoms with Crippen LogP contribution in [0.1, 0.15) is 6.42 Å². The molecule has 0 saturated carbocycles. The van der Waals surface area contributed by atoms with Gasteiger partial charge >= 0.3 is 0 Å². The molecule has 13 heavy (non-hydrogen) atoms. The van der Waals surface area contributed by atoms with Crippen molar-refractivity contribution < 1.29 is 4.74 Å². The smallest absolute Gasteiger partial charge is 0.162 e. The van der Waals surface area contributed by atoms with Gasteiger partial charge in [0.25, 0.3) is 0 Å². The lowest BCUT2D eigenvalue weighted by Crippen LogP contribution is -2.13. The SMILES string of the molecule is Brc1nn(CC2CCOC2)nc1Br. The first-order valence-electron chi connectivity index (χ1n) is 4.09. The Morgan fingerprint density at radius 3 is 2.62 bits per heavy atom. The van der Waals surface area contributed by atoms with Crippen molar-refractivity contribution in [3.05, 3.63) is 9.21 Å². The summed E-state index contributed by atoms with van der Waals surface area (Å²) in [6, 6.07) is 0. The lowest BCUT2D eigenvalue weighted by atomic mass is 10.1. The molecule has 4 nitrogen and oxygen atoms in total. The average Bonchev–Trinajstić information content (AvgIpc) is 2.64. The molecule has 0 radical (unpaired) electrons. The van der Waals surface area contributed by atoms with E-state index in [2.05, 4.69) is 42.1 Å². The second-order valence-corrected chi connectivity index (χ2v) is 4.57. The fraction of sp³-hybridized carbons (Fsp3) is 0.714. The van der Waals surface area contributed by atoms with Gasteiger partial charge in [-0.25, -0.2) is 0 Å². The van der Waals surface area contributed by atoms with Gasteiger partial charge in [0, 0.05) is 12.5 Å². The van der Waals surface area contributed by atoms with E-state index in [4.69, 9.17) is 4.74 Å². The van der Waals surface area contributed by atoms with Gasteiger partial charge in [-0.1, -0.05) is 0 Å². The van der Waals surface area contributed by atoms with Crippen LogP contribution in [0.25, 0.3) is 0 Å². The van der Waals surface area contributed by atoms with E-state index in [9.17, 15) is 0 Å². The molecule has 0 bridgehead atoms. The van der Waals surface area contributed by atoms with Crippen LogP contribution in [0, 0.1) is 5.92 Å². The Labute approximate surface area is 92.9 Å². The first kappa shape index (κ1) is 9.61. The molecule has 1 fully saturated rings. The maximum absolute atomic E-state index is 5.27.